The van der Waals surface area contributed by atoms with Gasteiger partial charge in [0.1, 0.15) is 6.54 Å². The van der Waals surface area contributed by atoms with Crippen LogP contribution in [0.4, 0.5) is 5.69 Å². The lowest BCUT2D eigenvalue weighted by Crippen LogP contribution is -2.30. The number of nitrogens with one attached hydrogen (secondary N) is 1. The Morgan fingerprint density at radius 1 is 1.03 bits per heavy atom. The lowest BCUT2D eigenvalue weighted by atomic mass is 10.1. The van der Waals surface area contributed by atoms with Gasteiger partial charge in [-0.05, 0) is 30.7 Å². The number of benzene rings is 3. The molecule has 3 aromatic carbocycles. The SMILES string of the molecule is Cc1ccc(Cl)cc1NC(=O)Cn1c(=O)nc(-c2ccccc2)c2ccccc21. The first kappa shape index (κ1) is 18.9. The first-order valence-electron chi connectivity index (χ1n) is 9.14. The summed E-state index contributed by atoms with van der Waals surface area (Å²) in [7, 11) is 0. The number of rotatable bonds is 4. The van der Waals surface area contributed by atoms with Gasteiger partial charge in [-0.25, -0.2) is 4.79 Å². The van der Waals surface area contributed by atoms with Crippen LogP contribution in [0.5, 0.6) is 0 Å². The van der Waals surface area contributed by atoms with Crippen LogP contribution in [0.15, 0.2) is 77.6 Å². The van der Waals surface area contributed by atoms with Crippen molar-refractivity contribution in [1.82, 2.24) is 9.55 Å². The minimum atomic E-state index is -0.472. The normalized spacial score (nSPS) is 10.8. The standard InChI is InChI=1S/C23H18ClN3O2/c1-15-11-12-17(24)13-19(15)25-21(28)14-27-20-10-6-5-9-18(20)22(26-23(27)29)16-7-3-2-4-8-16/h2-13H,14H2,1H3,(H,25,28). The fourth-order valence-electron chi connectivity index (χ4n) is 3.26. The summed E-state index contributed by atoms with van der Waals surface area (Å²) >= 11 is 6.02. The first-order valence-corrected chi connectivity index (χ1v) is 9.52. The van der Waals surface area contributed by atoms with Crippen LogP contribution < -0.4 is 11.0 Å². The summed E-state index contributed by atoms with van der Waals surface area (Å²) in [6.07, 6.45) is 0. The smallest absolute Gasteiger partial charge is 0.324 e. The molecule has 0 aliphatic carbocycles. The van der Waals surface area contributed by atoms with E-state index in [1.165, 1.54) is 4.57 Å². The molecule has 0 aliphatic rings. The lowest BCUT2D eigenvalue weighted by Gasteiger charge is -2.14. The van der Waals surface area contributed by atoms with Crippen molar-refractivity contribution in [2.45, 2.75) is 13.5 Å². The molecular weight excluding hydrogens is 386 g/mol. The molecule has 0 saturated carbocycles. The van der Waals surface area contributed by atoms with E-state index in [0.717, 1.165) is 16.5 Å². The van der Waals surface area contributed by atoms with Gasteiger partial charge in [0.05, 0.1) is 11.2 Å². The zero-order chi connectivity index (χ0) is 20.4. The Labute approximate surface area is 172 Å². The molecule has 5 nitrogen and oxygen atoms in total. The highest BCUT2D eigenvalue weighted by Gasteiger charge is 2.14. The Morgan fingerprint density at radius 3 is 2.55 bits per heavy atom. The van der Waals surface area contributed by atoms with Crippen molar-refractivity contribution in [2.75, 3.05) is 5.32 Å². The van der Waals surface area contributed by atoms with Gasteiger partial charge in [0.25, 0.3) is 0 Å². The molecule has 1 N–H and O–H groups in total. The van der Waals surface area contributed by atoms with Gasteiger partial charge in [-0.15, -0.1) is 0 Å². The highest BCUT2D eigenvalue weighted by molar-refractivity contribution is 6.31. The topological polar surface area (TPSA) is 64.0 Å². The fourth-order valence-corrected chi connectivity index (χ4v) is 3.43. The predicted octanol–water partition coefficient (Wildman–Crippen LogP) is 4.66. The number of nitrogens with zero attached hydrogens (tertiary/aromatic N) is 2. The number of fused-ring (bicyclic) bond motifs is 1. The minimum absolute atomic E-state index is 0.145. The lowest BCUT2D eigenvalue weighted by molar-refractivity contribution is -0.116. The molecule has 1 aromatic heterocycles. The van der Waals surface area contributed by atoms with Crippen molar-refractivity contribution in [3.8, 4) is 11.3 Å². The molecule has 4 aromatic rings. The molecule has 0 radical (unpaired) electrons. The fraction of sp³-hybridized carbons (Fsp3) is 0.0870. The molecular formula is C23H18ClN3O2. The third kappa shape index (κ3) is 3.91. The molecule has 4 rings (SSSR count). The van der Waals surface area contributed by atoms with Crippen molar-refractivity contribution < 1.29 is 4.79 Å². The number of halogens is 1. The van der Waals surface area contributed by atoms with Crippen LogP contribution in [0.2, 0.25) is 5.02 Å². The Hall–Kier alpha value is -3.44. The van der Waals surface area contributed by atoms with Crippen molar-refractivity contribution in [3.05, 3.63) is 93.9 Å². The van der Waals surface area contributed by atoms with Gasteiger partial charge in [-0.1, -0.05) is 66.2 Å². The van der Waals surface area contributed by atoms with Crippen LogP contribution in [0, 0.1) is 6.92 Å². The Kier molecular flexibility index (Phi) is 5.14. The van der Waals surface area contributed by atoms with Crippen molar-refractivity contribution in [2.24, 2.45) is 0 Å². The summed E-state index contributed by atoms with van der Waals surface area (Å²) in [6.45, 7) is 1.73. The van der Waals surface area contributed by atoms with Crippen LogP contribution in [0.3, 0.4) is 0 Å². The number of anilines is 1. The van der Waals surface area contributed by atoms with E-state index in [2.05, 4.69) is 10.3 Å². The number of aromatic nitrogens is 2. The maximum Gasteiger partial charge on any atom is 0.349 e. The summed E-state index contributed by atoms with van der Waals surface area (Å²) < 4.78 is 1.39. The van der Waals surface area contributed by atoms with Crippen LogP contribution in [-0.4, -0.2) is 15.5 Å². The number of carbonyl (C=O) groups is 1. The maximum atomic E-state index is 12.8. The van der Waals surface area contributed by atoms with Gasteiger partial charge in [-0.3, -0.25) is 9.36 Å². The van der Waals surface area contributed by atoms with E-state index in [1.54, 1.807) is 12.1 Å². The van der Waals surface area contributed by atoms with Crippen molar-refractivity contribution in [3.63, 3.8) is 0 Å². The van der Waals surface area contributed by atoms with Gasteiger partial charge in [-0.2, -0.15) is 4.98 Å². The van der Waals surface area contributed by atoms with E-state index in [1.807, 2.05) is 67.6 Å². The summed E-state index contributed by atoms with van der Waals surface area (Å²) in [5, 5.41) is 4.17. The number of aryl methyl sites for hydroxylation is 1. The number of hydrogen-bond donors (Lipinski definition) is 1. The minimum Gasteiger partial charge on any atom is -0.324 e. The first-order chi connectivity index (χ1) is 14.0. The molecule has 29 heavy (non-hydrogen) atoms. The van der Waals surface area contributed by atoms with Gasteiger partial charge in [0, 0.05) is 21.7 Å². The molecule has 0 aliphatic heterocycles. The zero-order valence-electron chi connectivity index (χ0n) is 15.7. The summed E-state index contributed by atoms with van der Waals surface area (Å²) in [4.78, 5) is 29.7. The highest BCUT2D eigenvalue weighted by Crippen LogP contribution is 2.25. The van der Waals surface area contributed by atoms with Crippen molar-refractivity contribution >= 4 is 34.1 Å². The van der Waals surface area contributed by atoms with Crippen LogP contribution in [0.25, 0.3) is 22.2 Å². The van der Waals surface area contributed by atoms with Crippen LogP contribution in [0.1, 0.15) is 5.56 Å². The van der Waals surface area contributed by atoms with E-state index in [9.17, 15) is 9.59 Å². The molecule has 0 bridgehead atoms. The number of amides is 1. The van der Waals surface area contributed by atoms with Crippen LogP contribution in [-0.2, 0) is 11.3 Å². The van der Waals surface area contributed by atoms with Gasteiger partial charge < -0.3 is 5.32 Å². The highest BCUT2D eigenvalue weighted by atomic mass is 35.5. The van der Waals surface area contributed by atoms with Crippen molar-refractivity contribution in [1.29, 1.82) is 0 Å². The average Bonchev–Trinajstić information content (AvgIpc) is 2.73. The Morgan fingerprint density at radius 2 is 1.76 bits per heavy atom. The molecule has 0 unspecified atom stereocenters. The Balaban J connectivity index is 1.73. The van der Waals surface area contributed by atoms with E-state index >= 15 is 0 Å². The number of hydrogen-bond acceptors (Lipinski definition) is 3. The molecule has 0 fully saturated rings. The second kappa shape index (κ2) is 7.89. The molecule has 1 amide bonds. The third-order valence-corrected chi connectivity index (χ3v) is 4.95. The third-order valence-electron chi connectivity index (χ3n) is 4.71. The Bertz CT molecular complexity index is 1270. The maximum absolute atomic E-state index is 12.8. The van der Waals surface area contributed by atoms with E-state index in [0.29, 0.717) is 21.9 Å². The monoisotopic (exact) mass is 403 g/mol. The average molecular weight is 404 g/mol. The zero-order valence-corrected chi connectivity index (χ0v) is 16.5. The molecule has 144 valence electrons. The van der Waals surface area contributed by atoms with Gasteiger partial charge >= 0.3 is 5.69 Å². The number of para-hydroxylation sites is 1. The molecule has 6 heteroatoms. The molecule has 0 atom stereocenters. The summed E-state index contributed by atoms with van der Waals surface area (Å²) in [5.41, 5.74) is 3.15. The van der Waals surface area contributed by atoms with E-state index in [4.69, 9.17) is 11.6 Å². The second-order valence-electron chi connectivity index (χ2n) is 6.72. The van der Waals surface area contributed by atoms with Gasteiger partial charge in [0.2, 0.25) is 5.91 Å². The molecule has 1 heterocycles. The molecule has 0 spiro atoms. The number of carbonyl (C=O) groups excluding carboxylic acids is 1. The quantitative estimate of drug-likeness (QED) is 0.538. The second-order valence-corrected chi connectivity index (χ2v) is 7.16. The van der Waals surface area contributed by atoms with E-state index in [-0.39, 0.29) is 12.5 Å². The largest absolute Gasteiger partial charge is 0.349 e. The van der Waals surface area contributed by atoms with E-state index < -0.39 is 5.69 Å². The van der Waals surface area contributed by atoms with Gasteiger partial charge in [0.15, 0.2) is 0 Å². The summed E-state index contributed by atoms with van der Waals surface area (Å²) in [5.74, 6) is -0.322. The van der Waals surface area contributed by atoms with Crippen LogP contribution >= 0.6 is 11.6 Å². The molecule has 0 saturated heterocycles. The predicted molar refractivity (Wildman–Crippen MR) is 116 cm³/mol. The summed E-state index contributed by atoms with van der Waals surface area (Å²) in [6, 6.07) is 22.3.